The molecule has 2 fully saturated rings. The summed E-state index contributed by atoms with van der Waals surface area (Å²) in [5.74, 6) is 1.23. The first-order valence-corrected chi connectivity index (χ1v) is 6.92. The van der Waals surface area contributed by atoms with Gasteiger partial charge in [0.25, 0.3) is 0 Å². The van der Waals surface area contributed by atoms with Crippen molar-refractivity contribution in [3.05, 3.63) is 0 Å². The van der Waals surface area contributed by atoms with E-state index in [2.05, 4.69) is 28.9 Å². The van der Waals surface area contributed by atoms with Crippen LogP contribution in [0.25, 0.3) is 0 Å². The lowest BCUT2D eigenvalue weighted by Gasteiger charge is -2.33. The number of rotatable bonds is 2. The lowest BCUT2D eigenvalue weighted by atomic mass is 10.3. The minimum absolute atomic E-state index is 0.692. The molecule has 0 aromatic heterocycles. The fraction of sp³-hybridized carbons (Fsp3) is 0.900. The molecule has 4 heteroatoms. The first-order chi connectivity index (χ1) is 6.79. The van der Waals surface area contributed by atoms with E-state index in [0.717, 1.165) is 23.5 Å². The molecule has 0 spiro atoms. The third kappa shape index (κ3) is 2.76. The first-order valence-electron chi connectivity index (χ1n) is 5.46. The van der Waals surface area contributed by atoms with Gasteiger partial charge in [-0.25, -0.2) is 0 Å². The van der Waals surface area contributed by atoms with Gasteiger partial charge in [-0.1, -0.05) is 6.92 Å². The van der Waals surface area contributed by atoms with Crippen LogP contribution in [-0.4, -0.2) is 40.1 Å². The van der Waals surface area contributed by atoms with Crippen LogP contribution in [-0.2, 0) is 0 Å². The fourth-order valence-electron chi connectivity index (χ4n) is 1.64. The quantitative estimate of drug-likeness (QED) is 0.728. The van der Waals surface area contributed by atoms with E-state index in [1.165, 1.54) is 25.0 Å². The Labute approximate surface area is 95.8 Å². The van der Waals surface area contributed by atoms with E-state index < -0.39 is 0 Å². The van der Waals surface area contributed by atoms with Crippen LogP contribution in [0.4, 0.5) is 0 Å². The van der Waals surface area contributed by atoms with Gasteiger partial charge in [-0.15, -0.1) is 0 Å². The third-order valence-corrected chi connectivity index (χ3v) is 4.53. The van der Waals surface area contributed by atoms with Crippen molar-refractivity contribution in [3.8, 4) is 0 Å². The van der Waals surface area contributed by atoms with Gasteiger partial charge in [-0.3, -0.25) is 0 Å². The highest BCUT2D eigenvalue weighted by Gasteiger charge is 2.26. The Morgan fingerprint density at radius 2 is 2.36 bits per heavy atom. The summed E-state index contributed by atoms with van der Waals surface area (Å²) in [6.07, 6.45) is 3.87. The van der Waals surface area contributed by atoms with E-state index in [9.17, 15) is 0 Å². The van der Waals surface area contributed by atoms with E-state index in [-0.39, 0.29) is 0 Å². The molecule has 0 bridgehead atoms. The summed E-state index contributed by atoms with van der Waals surface area (Å²) in [6.45, 7) is 4.53. The second kappa shape index (κ2) is 4.71. The Bertz CT molecular complexity index is 216. The number of nitrogens with zero attached hydrogens (tertiary/aromatic N) is 1. The highest BCUT2D eigenvalue weighted by Crippen LogP contribution is 2.23. The van der Waals surface area contributed by atoms with Crippen LogP contribution in [0.3, 0.4) is 0 Å². The summed E-state index contributed by atoms with van der Waals surface area (Å²) in [7, 11) is 0. The van der Waals surface area contributed by atoms with Crippen LogP contribution in [0, 0.1) is 0 Å². The summed E-state index contributed by atoms with van der Waals surface area (Å²) in [4.78, 5) is 2.35. The smallest absolute Gasteiger partial charge is 0.169 e. The van der Waals surface area contributed by atoms with Crippen LogP contribution in [0.15, 0.2) is 0 Å². The maximum Gasteiger partial charge on any atom is 0.169 e. The van der Waals surface area contributed by atoms with Crippen molar-refractivity contribution >= 4 is 29.1 Å². The van der Waals surface area contributed by atoms with Gasteiger partial charge in [0.05, 0.1) is 0 Å². The molecule has 2 aliphatic rings. The topological polar surface area (TPSA) is 15.3 Å². The van der Waals surface area contributed by atoms with Crippen molar-refractivity contribution in [1.29, 1.82) is 0 Å². The number of thiocarbonyl (C=S) groups is 1. The summed E-state index contributed by atoms with van der Waals surface area (Å²) < 4.78 is 0. The van der Waals surface area contributed by atoms with Gasteiger partial charge >= 0.3 is 0 Å². The molecule has 2 rings (SSSR count). The van der Waals surface area contributed by atoms with Crippen molar-refractivity contribution in [3.63, 3.8) is 0 Å². The minimum Gasteiger partial charge on any atom is -0.360 e. The number of thioether (sulfide) groups is 1. The minimum atomic E-state index is 0.692. The van der Waals surface area contributed by atoms with Gasteiger partial charge in [0.15, 0.2) is 5.11 Å². The van der Waals surface area contributed by atoms with Gasteiger partial charge in [0.2, 0.25) is 0 Å². The zero-order valence-corrected chi connectivity index (χ0v) is 10.3. The van der Waals surface area contributed by atoms with Gasteiger partial charge in [0, 0.05) is 30.1 Å². The SMILES string of the molecule is CCC1CN(C(=S)NC2CC2)CCS1. The molecular weight excluding hydrogens is 212 g/mol. The molecule has 1 atom stereocenters. The zero-order chi connectivity index (χ0) is 9.97. The molecule has 14 heavy (non-hydrogen) atoms. The normalized spacial score (nSPS) is 27.5. The lowest BCUT2D eigenvalue weighted by molar-refractivity contribution is 0.417. The predicted molar refractivity (Wildman–Crippen MR) is 66.9 cm³/mol. The molecule has 1 saturated heterocycles. The Morgan fingerprint density at radius 3 is 3.00 bits per heavy atom. The van der Waals surface area contributed by atoms with Crippen molar-refractivity contribution in [1.82, 2.24) is 10.2 Å². The van der Waals surface area contributed by atoms with Crippen LogP contribution in [0.1, 0.15) is 26.2 Å². The molecule has 0 amide bonds. The van der Waals surface area contributed by atoms with Crippen LogP contribution < -0.4 is 5.32 Å². The molecule has 2 nitrogen and oxygen atoms in total. The average molecular weight is 230 g/mol. The molecule has 0 radical (unpaired) electrons. The summed E-state index contributed by atoms with van der Waals surface area (Å²) in [5.41, 5.74) is 0. The maximum atomic E-state index is 5.40. The Balaban J connectivity index is 1.79. The average Bonchev–Trinajstić information content (AvgIpc) is 3.02. The van der Waals surface area contributed by atoms with Gasteiger partial charge in [-0.2, -0.15) is 11.8 Å². The van der Waals surface area contributed by atoms with Crippen molar-refractivity contribution in [2.75, 3.05) is 18.8 Å². The lowest BCUT2D eigenvalue weighted by Crippen LogP contribution is -2.47. The standard InChI is InChI=1S/C10H18N2S2/c1-2-9-7-12(5-6-14-9)10(13)11-8-3-4-8/h8-9H,2-7H2,1H3,(H,11,13). The van der Waals surface area contributed by atoms with Crippen molar-refractivity contribution in [2.24, 2.45) is 0 Å². The molecule has 0 aromatic carbocycles. The van der Waals surface area contributed by atoms with E-state index in [1.54, 1.807) is 0 Å². The van der Waals surface area contributed by atoms with E-state index >= 15 is 0 Å². The van der Waals surface area contributed by atoms with E-state index in [4.69, 9.17) is 12.2 Å². The monoisotopic (exact) mass is 230 g/mol. The number of nitrogens with one attached hydrogen (secondary N) is 1. The Kier molecular flexibility index (Phi) is 3.55. The van der Waals surface area contributed by atoms with E-state index in [1.807, 2.05) is 0 Å². The second-order valence-electron chi connectivity index (χ2n) is 4.07. The Morgan fingerprint density at radius 1 is 1.57 bits per heavy atom. The molecule has 1 aliphatic carbocycles. The molecule has 1 N–H and O–H groups in total. The molecule has 1 heterocycles. The number of hydrogen-bond donors (Lipinski definition) is 1. The summed E-state index contributed by atoms with van der Waals surface area (Å²) in [5, 5.41) is 5.19. The van der Waals surface area contributed by atoms with Crippen LogP contribution in [0.2, 0.25) is 0 Å². The van der Waals surface area contributed by atoms with Crippen LogP contribution in [0.5, 0.6) is 0 Å². The molecule has 1 saturated carbocycles. The Hall–Kier alpha value is 0.0400. The number of hydrogen-bond acceptors (Lipinski definition) is 2. The van der Waals surface area contributed by atoms with Gasteiger partial charge in [-0.05, 0) is 31.5 Å². The third-order valence-electron chi connectivity index (χ3n) is 2.79. The van der Waals surface area contributed by atoms with Gasteiger partial charge < -0.3 is 10.2 Å². The summed E-state index contributed by atoms with van der Waals surface area (Å²) >= 11 is 7.49. The maximum absolute atomic E-state index is 5.40. The van der Waals surface area contributed by atoms with Crippen LogP contribution >= 0.6 is 24.0 Å². The zero-order valence-electron chi connectivity index (χ0n) is 8.66. The molecule has 1 aliphatic heterocycles. The second-order valence-corrected chi connectivity index (χ2v) is 5.87. The van der Waals surface area contributed by atoms with E-state index in [0.29, 0.717) is 6.04 Å². The molecule has 80 valence electrons. The largest absolute Gasteiger partial charge is 0.360 e. The van der Waals surface area contributed by atoms with Crippen molar-refractivity contribution < 1.29 is 0 Å². The highest BCUT2D eigenvalue weighted by molar-refractivity contribution is 8.00. The fourth-order valence-corrected chi connectivity index (χ4v) is 3.16. The van der Waals surface area contributed by atoms with Crippen molar-refractivity contribution in [2.45, 2.75) is 37.5 Å². The molecule has 0 aromatic rings. The molecular formula is C10H18N2S2. The van der Waals surface area contributed by atoms with Gasteiger partial charge in [0.1, 0.15) is 0 Å². The first kappa shape index (κ1) is 10.6. The molecule has 1 unspecified atom stereocenters. The predicted octanol–water partition coefficient (Wildman–Crippen LogP) is 1.85. The summed E-state index contributed by atoms with van der Waals surface area (Å²) in [6, 6.07) is 0.692. The highest BCUT2D eigenvalue weighted by atomic mass is 32.2.